The molecule has 21 heavy (non-hydrogen) atoms. The second-order valence-corrected chi connectivity index (χ2v) is 5.55. The van der Waals surface area contributed by atoms with Gasteiger partial charge in [-0.2, -0.15) is 0 Å². The van der Waals surface area contributed by atoms with Crippen LogP contribution in [0.5, 0.6) is 0 Å². The van der Waals surface area contributed by atoms with E-state index in [1.807, 2.05) is 0 Å². The lowest BCUT2D eigenvalue weighted by Crippen LogP contribution is -2.24. The van der Waals surface area contributed by atoms with Crippen molar-refractivity contribution in [1.29, 1.82) is 0 Å². The molecule has 2 aromatic rings. The number of benzene rings is 2. The first-order valence-electron chi connectivity index (χ1n) is 7.52. The minimum absolute atomic E-state index is 0.244. The summed E-state index contributed by atoms with van der Waals surface area (Å²) in [4.78, 5) is 12.9. The average molecular weight is 285 g/mol. The van der Waals surface area contributed by atoms with Gasteiger partial charge in [-0.05, 0) is 48.8 Å². The minimum atomic E-state index is -0.716. The number of carboxylic acids is 1. The molecule has 0 radical (unpaired) electrons. The molecule has 0 aliphatic carbocycles. The highest BCUT2D eigenvalue weighted by Gasteiger charge is 2.06. The molecule has 0 heterocycles. The second kappa shape index (κ2) is 7.23. The van der Waals surface area contributed by atoms with E-state index < -0.39 is 5.97 Å². The van der Waals surface area contributed by atoms with Gasteiger partial charge in [-0.25, -0.2) is 0 Å². The van der Waals surface area contributed by atoms with Gasteiger partial charge in [0.05, 0.1) is 0 Å². The summed E-state index contributed by atoms with van der Waals surface area (Å²) in [7, 11) is 0. The molecule has 0 unspecified atom stereocenters. The highest BCUT2D eigenvalue weighted by atomic mass is 16.4. The number of aryl methyl sites for hydroxylation is 1. The summed E-state index contributed by atoms with van der Waals surface area (Å²) in [6.07, 6.45) is 0.948. The molecular formula is C18H23NO2. The van der Waals surface area contributed by atoms with E-state index in [2.05, 4.69) is 55.1 Å². The van der Waals surface area contributed by atoms with Crippen molar-refractivity contribution in [2.45, 2.75) is 33.2 Å². The molecular weight excluding hydrogens is 262 g/mol. The number of carbonyl (C=O) groups is 1. The first kappa shape index (κ1) is 15.5. The third kappa shape index (κ3) is 4.57. The Morgan fingerprint density at radius 2 is 1.86 bits per heavy atom. The Morgan fingerprint density at radius 1 is 1.14 bits per heavy atom. The van der Waals surface area contributed by atoms with Gasteiger partial charge in [0.1, 0.15) is 0 Å². The average Bonchev–Trinajstić information content (AvgIpc) is 2.46. The highest BCUT2D eigenvalue weighted by Crippen LogP contribution is 2.18. The fourth-order valence-corrected chi connectivity index (χ4v) is 2.57. The van der Waals surface area contributed by atoms with Crippen LogP contribution in [0, 0.1) is 6.92 Å². The van der Waals surface area contributed by atoms with E-state index in [0.717, 1.165) is 19.6 Å². The number of hydrogen-bond acceptors (Lipinski definition) is 2. The topological polar surface area (TPSA) is 40.5 Å². The van der Waals surface area contributed by atoms with Gasteiger partial charge < -0.3 is 5.11 Å². The summed E-state index contributed by atoms with van der Waals surface area (Å²) in [5.74, 6) is -0.716. The maximum atomic E-state index is 10.6. The van der Waals surface area contributed by atoms with E-state index >= 15 is 0 Å². The van der Waals surface area contributed by atoms with Gasteiger partial charge in [-0.3, -0.25) is 9.69 Å². The van der Waals surface area contributed by atoms with Gasteiger partial charge in [-0.1, -0.05) is 42.8 Å². The molecule has 112 valence electrons. The summed E-state index contributed by atoms with van der Waals surface area (Å²) < 4.78 is 0. The predicted octanol–water partition coefficient (Wildman–Crippen LogP) is 3.83. The Bertz CT molecular complexity index is 622. The molecule has 0 fully saturated rings. The molecule has 0 amide bonds. The Labute approximate surface area is 126 Å². The number of nitrogens with zero attached hydrogens (tertiary/aromatic N) is 1. The van der Waals surface area contributed by atoms with E-state index in [-0.39, 0.29) is 6.42 Å². The molecule has 0 saturated carbocycles. The van der Waals surface area contributed by atoms with Crippen molar-refractivity contribution in [2.24, 2.45) is 0 Å². The zero-order valence-electron chi connectivity index (χ0n) is 12.8. The smallest absolute Gasteiger partial charge is 0.303 e. The Balaban J connectivity index is 2.03. The molecule has 0 aliphatic heterocycles. The zero-order valence-corrected chi connectivity index (χ0v) is 12.8. The van der Waals surface area contributed by atoms with Crippen molar-refractivity contribution in [1.82, 2.24) is 4.90 Å². The van der Waals surface area contributed by atoms with Crippen LogP contribution < -0.4 is 0 Å². The summed E-state index contributed by atoms with van der Waals surface area (Å²) in [5, 5.41) is 11.2. The van der Waals surface area contributed by atoms with Crippen molar-refractivity contribution in [2.75, 3.05) is 13.1 Å². The maximum Gasteiger partial charge on any atom is 0.303 e. The lowest BCUT2D eigenvalue weighted by atomic mass is 10.0. The lowest BCUT2D eigenvalue weighted by Gasteiger charge is -2.20. The molecule has 0 aromatic heterocycles. The number of rotatable bonds is 7. The third-order valence-corrected chi connectivity index (χ3v) is 3.78. The molecule has 0 spiro atoms. The van der Waals surface area contributed by atoms with E-state index in [1.54, 1.807) is 0 Å². The first-order chi connectivity index (χ1) is 10.1. The molecule has 1 N–H and O–H groups in total. The molecule has 3 nitrogen and oxygen atoms in total. The number of carboxylic acid groups (broad SMARTS) is 1. The molecule has 2 aromatic carbocycles. The fraction of sp³-hybridized carbons (Fsp3) is 0.389. The van der Waals surface area contributed by atoms with Gasteiger partial charge in [0.15, 0.2) is 0 Å². The highest BCUT2D eigenvalue weighted by molar-refractivity contribution is 5.83. The van der Waals surface area contributed by atoms with Gasteiger partial charge in [0.2, 0.25) is 0 Å². The van der Waals surface area contributed by atoms with E-state index in [9.17, 15) is 4.79 Å². The quantitative estimate of drug-likeness (QED) is 0.840. The van der Waals surface area contributed by atoms with Gasteiger partial charge >= 0.3 is 5.97 Å². The third-order valence-electron chi connectivity index (χ3n) is 3.78. The van der Waals surface area contributed by atoms with Gasteiger partial charge in [-0.15, -0.1) is 0 Å². The van der Waals surface area contributed by atoms with Gasteiger partial charge in [0.25, 0.3) is 0 Å². The van der Waals surface area contributed by atoms with Crippen molar-refractivity contribution >= 4 is 16.7 Å². The molecule has 0 atom stereocenters. The number of aliphatic carboxylic acids is 1. The lowest BCUT2D eigenvalue weighted by molar-refractivity contribution is -0.137. The van der Waals surface area contributed by atoms with E-state index in [0.29, 0.717) is 6.42 Å². The second-order valence-electron chi connectivity index (χ2n) is 5.55. The molecule has 0 aliphatic rings. The van der Waals surface area contributed by atoms with Crippen molar-refractivity contribution < 1.29 is 9.90 Å². The van der Waals surface area contributed by atoms with Crippen LogP contribution in [0.4, 0.5) is 0 Å². The minimum Gasteiger partial charge on any atom is -0.481 e. The summed E-state index contributed by atoms with van der Waals surface area (Å²) in [5.41, 5.74) is 2.56. The van der Waals surface area contributed by atoms with Crippen LogP contribution in [0.15, 0.2) is 36.4 Å². The van der Waals surface area contributed by atoms with Crippen LogP contribution >= 0.6 is 0 Å². The van der Waals surface area contributed by atoms with E-state index in [4.69, 9.17) is 5.11 Å². The van der Waals surface area contributed by atoms with Crippen LogP contribution in [0.25, 0.3) is 10.8 Å². The molecule has 0 saturated heterocycles. The molecule has 3 heteroatoms. The predicted molar refractivity (Wildman–Crippen MR) is 86.5 cm³/mol. The monoisotopic (exact) mass is 285 g/mol. The Hall–Kier alpha value is -1.87. The maximum absolute atomic E-state index is 10.6. The normalized spacial score (nSPS) is 11.2. The van der Waals surface area contributed by atoms with Crippen LogP contribution in [-0.4, -0.2) is 29.1 Å². The van der Waals surface area contributed by atoms with Gasteiger partial charge in [0, 0.05) is 13.0 Å². The fourth-order valence-electron chi connectivity index (χ4n) is 2.57. The summed E-state index contributed by atoms with van der Waals surface area (Å²) in [6, 6.07) is 13.1. The van der Waals surface area contributed by atoms with Crippen LogP contribution in [0.1, 0.15) is 30.9 Å². The van der Waals surface area contributed by atoms with Crippen LogP contribution in [-0.2, 0) is 11.3 Å². The SMILES string of the molecule is CCN(CCCC(=O)O)Cc1ccc2cc(C)ccc2c1. The number of fused-ring (bicyclic) bond motifs is 1. The largest absolute Gasteiger partial charge is 0.481 e. The van der Waals surface area contributed by atoms with Crippen LogP contribution in [0.3, 0.4) is 0 Å². The summed E-state index contributed by atoms with van der Waals surface area (Å²) in [6.45, 7) is 6.86. The zero-order chi connectivity index (χ0) is 15.2. The van der Waals surface area contributed by atoms with Crippen molar-refractivity contribution in [3.05, 3.63) is 47.5 Å². The standard InChI is InChI=1S/C18H23NO2/c1-3-19(10-4-5-18(20)21)13-15-7-9-16-11-14(2)6-8-17(16)12-15/h6-9,11-12H,3-5,10,13H2,1-2H3,(H,20,21). The summed E-state index contributed by atoms with van der Waals surface area (Å²) >= 11 is 0. The number of hydrogen-bond donors (Lipinski definition) is 1. The Morgan fingerprint density at radius 3 is 2.57 bits per heavy atom. The van der Waals surface area contributed by atoms with Crippen molar-refractivity contribution in [3.63, 3.8) is 0 Å². The van der Waals surface area contributed by atoms with Crippen LogP contribution in [0.2, 0.25) is 0 Å². The first-order valence-corrected chi connectivity index (χ1v) is 7.52. The van der Waals surface area contributed by atoms with Crippen molar-refractivity contribution in [3.8, 4) is 0 Å². The molecule has 2 rings (SSSR count). The molecule has 0 bridgehead atoms. The Kier molecular flexibility index (Phi) is 5.34. The van der Waals surface area contributed by atoms with E-state index in [1.165, 1.54) is 21.9 Å².